The summed E-state index contributed by atoms with van der Waals surface area (Å²) in [6.45, 7) is 3.48. The lowest BCUT2D eigenvalue weighted by molar-refractivity contribution is -0.190. The summed E-state index contributed by atoms with van der Waals surface area (Å²) in [6.07, 6.45) is -1.65. The summed E-state index contributed by atoms with van der Waals surface area (Å²) in [5.41, 5.74) is 1.82. The highest BCUT2D eigenvalue weighted by Gasteiger charge is 2.67. The van der Waals surface area contributed by atoms with Gasteiger partial charge in [0.15, 0.2) is 11.2 Å². The summed E-state index contributed by atoms with van der Waals surface area (Å²) >= 11 is 0. The van der Waals surface area contributed by atoms with E-state index in [9.17, 15) is 23.5 Å². The number of alkyl halides is 2. The predicted octanol–water partition coefficient (Wildman–Crippen LogP) is 7.38. The molecule has 4 aromatic rings. The van der Waals surface area contributed by atoms with Crippen molar-refractivity contribution in [2.75, 3.05) is 5.32 Å². The van der Waals surface area contributed by atoms with Crippen molar-refractivity contribution >= 4 is 17.7 Å². The van der Waals surface area contributed by atoms with Crippen LogP contribution in [0.15, 0.2) is 83.4 Å². The third kappa shape index (κ3) is 4.65. The van der Waals surface area contributed by atoms with E-state index in [2.05, 4.69) is 10.5 Å². The fraction of sp³-hybridized carbons (Fsp3) is 0.233. The first kappa shape index (κ1) is 26.1. The van der Waals surface area contributed by atoms with E-state index < -0.39 is 35.9 Å². The molecule has 0 spiro atoms. The number of aliphatic carboxylic acids is 1. The predicted molar refractivity (Wildman–Crippen MR) is 141 cm³/mol. The second-order valence-electron chi connectivity index (χ2n) is 9.62. The Labute approximate surface area is 223 Å². The van der Waals surface area contributed by atoms with Crippen molar-refractivity contribution in [3.63, 3.8) is 0 Å². The zero-order valence-electron chi connectivity index (χ0n) is 21.3. The summed E-state index contributed by atoms with van der Waals surface area (Å²) < 4.78 is 39.5. The fourth-order valence-electron chi connectivity index (χ4n) is 4.87. The number of anilines is 1. The summed E-state index contributed by atoms with van der Waals surface area (Å²) in [5.74, 6) is -4.44. The lowest BCUT2D eigenvalue weighted by Crippen LogP contribution is -2.59. The zero-order valence-corrected chi connectivity index (χ0v) is 21.3. The van der Waals surface area contributed by atoms with Crippen LogP contribution in [0, 0.1) is 6.92 Å². The highest BCUT2D eigenvalue weighted by atomic mass is 19.3. The molecule has 1 heterocycles. The Morgan fingerprint density at radius 3 is 2.08 bits per heavy atom. The van der Waals surface area contributed by atoms with Crippen LogP contribution >= 0.6 is 0 Å². The molecule has 200 valence electrons. The number of nitrogens with one attached hydrogen (secondary N) is 1. The number of benzene rings is 3. The molecule has 1 amide bonds. The molecule has 0 bridgehead atoms. The first-order valence-corrected chi connectivity index (χ1v) is 12.4. The average molecular weight is 533 g/mol. The normalized spacial score (nSPS) is 18.6. The molecule has 0 aliphatic heterocycles. The number of carboxylic acids is 1. The summed E-state index contributed by atoms with van der Waals surface area (Å²) in [6, 6.07) is 22.7. The lowest BCUT2D eigenvalue weighted by atomic mass is 9.61. The second-order valence-corrected chi connectivity index (χ2v) is 9.62. The first-order chi connectivity index (χ1) is 18.6. The molecular weight excluding hydrogens is 506 g/mol. The third-order valence-electron chi connectivity index (χ3n) is 7.30. The Bertz CT molecular complexity index is 1500. The molecule has 1 aliphatic rings. The Balaban J connectivity index is 1.32. The van der Waals surface area contributed by atoms with Crippen molar-refractivity contribution < 1.29 is 32.7 Å². The Morgan fingerprint density at radius 2 is 1.54 bits per heavy atom. The highest BCUT2D eigenvalue weighted by molar-refractivity contribution is 5.91. The molecule has 3 aromatic carbocycles. The van der Waals surface area contributed by atoms with Gasteiger partial charge in [-0.3, -0.25) is 10.1 Å². The van der Waals surface area contributed by atoms with Crippen molar-refractivity contribution in [1.29, 1.82) is 0 Å². The molecule has 0 saturated heterocycles. The maximum atomic E-state index is 14.2. The lowest BCUT2D eigenvalue weighted by Gasteiger charge is -2.45. The average Bonchev–Trinajstić information content (AvgIpc) is 3.28. The maximum absolute atomic E-state index is 14.2. The van der Waals surface area contributed by atoms with Crippen LogP contribution in [0.3, 0.4) is 0 Å². The van der Waals surface area contributed by atoms with Gasteiger partial charge in [-0.15, -0.1) is 0 Å². The van der Waals surface area contributed by atoms with E-state index in [0.717, 1.165) is 16.7 Å². The van der Waals surface area contributed by atoms with Gasteiger partial charge in [-0.25, -0.2) is 13.6 Å². The first-order valence-electron chi connectivity index (χ1n) is 12.4. The molecule has 39 heavy (non-hydrogen) atoms. The third-order valence-corrected chi connectivity index (χ3v) is 7.30. The SMILES string of the molecule is Cc1noc(-c2ccc(-c3ccc(C4(C(=O)O)CCC4(F)F)cc3)cc2)c1NC(=O)O[C@H](C)c1ccccc1. The van der Waals surface area contributed by atoms with Gasteiger partial charge in [0, 0.05) is 12.0 Å². The van der Waals surface area contributed by atoms with Crippen molar-refractivity contribution in [2.24, 2.45) is 0 Å². The van der Waals surface area contributed by atoms with E-state index in [4.69, 9.17) is 9.26 Å². The quantitative estimate of drug-likeness (QED) is 0.258. The number of rotatable bonds is 7. The molecule has 1 aliphatic carbocycles. The number of amides is 1. The Morgan fingerprint density at radius 1 is 0.949 bits per heavy atom. The number of nitrogens with zero attached hydrogens (tertiary/aromatic N) is 1. The van der Waals surface area contributed by atoms with E-state index in [1.54, 1.807) is 38.1 Å². The minimum Gasteiger partial charge on any atom is -0.480 e. The number of carbonyl (C=O) groups excluding carboxylic acids is 1. The molecule has 0 radical (unpaired) electrons. The molecule has 5 rings (SSSR count). The number of ether oxygens (including phenoxy) is 1. The van der Waals surface area contributed by atoms with Crippen molar-refractivity contribution in [3.05, 3.63) is 95.7 Å². The highest BCUT2D eigenvalue weighted by Crippen LogP contribution is 2.55. The topological polar surface area (TPSA) is 102 Å². The van der Waals surface area contributed by atoms with Gasteiger partial charge in [0.1, 0.15) is 17.5 Å². The van der Waals surface area contributed by atoms with Gasteiger partial charge in [-0.05, 0) is 42.5 Å². The number of halogens is 2. The van der Waals surface area contributed by atoms with Gasteiger partial charge >= 0.3 is 12.1 Å². The van der Waals surface area contributed by atoms with Crippen LogP contribution in [-0.2, 0) is 14.9 Å². The minimum atomic E-state index is -3.28. The smallest absolute Gasteiger partial charge is 0.412 e. The molecule has 1 saturated carbocycles. The van der Waals surface area contributed by atoms with Crippen molar-refractivity contribution in [1.82, 2.24) is 5.16 Å². The van der Waals surface area contributed by atoms with E-state index in [1.807, 2.05) is 42.5 Å². The molecule has 2 atom stereocenters. The molecule has 2 N–H and O–H groups in total. The maximum Gasteiger partial charge on any atom is 0.412 e. The Kier molecular flexibility index (Phi) is 6.68. The summed E-state index contributed by atoms with van der Waals surface area (Å²) in [5, 5.41) is 16.2. The van der Waals surface area contributed by atoms with E-state index in [1.165, 1.54) is 12.1 Å². The van der Waals surface area contributed by atoms with Crippen molar-refractivity contribution in [2.45, 2.75) is 44.1 Å². The van der Waals surface area contributed by atoms with Crippen LogP contribution in [0.25, 0.3) is 22.5 Å². The van der Waals surface area contributed by atoms with Gasteiger partial charge < -0.3 is 14.4 Å². The molecule has 1 unspecified atom stereocenters. The standard InChI is InChI=1S/C30H26F2N2O5/c1-18-25(33-28(37)38-19(2)20-6-4-3-5-7-20)26(39-34-18)23-10-8-21(9-11-23)22-12-14-24(15-13-22)29(27(35)36)16-17-30(29,31)32/h3-15,19H,16-17H2,1-2H3,(H,33,37)(H,35,36)/t19-,29?/m1/s1. The summed E-state index contributed by atoms with van der Waals surface area (Å²) in [7, 11) is 0. The number of aromatic nitrogens is 1. The molecule has 9 heteroatoms. The zero-order chi connectivity index (χ0) is 27.8. The van der Waals surface area contributed by atoms with Gasteiger partial charge in [-0.2, -0.15) is 0 Å². The summed E-state index contributed by atoms with van der Waals surface area (Å²) in [4.78, 5) is 24.3. The fourth-order valence-corrected chi connectivity index (χ4v) is 4.87. The van der Waals surface area contributed by atoms with Crippen LogP contribution in [0.5, 0.6) is 0 Å². The monoisotopic (exact) mass is 532 g/mol. The number of carboxylic acid groups (broad SMARTS) is 1. The molecular formula is C30H26F2N2O5. The van der Waals surface area contributed by atoms with Gasteiger partial charge in [0.25, 0.3) is 5.92 Å². The van der Waals surface area contributed by atoms with Crippen molar-refractivity contribution in [3.8, 4) is 22.5 Å². The van der Waals surface area contributed by atoms with Crippen LogP contribution in [0.1, 0.15) is 42.7 Å². The Hall–Kier alpha value is -4.53. The van der Waals surface area contributed by atoms with Crippen LogP contribution in [0.4, 0.5) is 19.3 Å². The number of carbonyl (C=O) groups is 2. The molecule has 1 fully saturated rings. The van der Waals surface area contributed by atoms with Crippen LogP contribution in [-0.4, -0.2) is 28.2 Å². The van der Waals surface area contributed by atoms with E-state index >= 15 is 0 Å². The van der Waals surface area contributed by atoms with Crippen LogP contribution in [0.2, 0.25) is 0 Å². The van der Waals surface area contributed by atoms with E-state index in [0.29, 0.717) is 22.7 Å². The number of hydrogen-bond acceptors (Lipinski definition) is 5. The van der Waals surface area contributed by atoms with Gasteiger partial charge in [0.05, 0.1) is 0 Å². The molecule has 7 nitrogen and oxygen atoms in total. The van der Waals surface area contributed by atoms with E-state index in [-0.39, 0.29) is 12.0 Å². The van der Waals surface area contributed by atoms with Crippen LogP contribution < -0.4 is 5.32 Å². The second kappa shape index (κ2) is 9.98. The largest absolute Gasteiger partial charge is 0.480 e. The number of aryl methyl sites for hydroxylation is 1. The minimum absolute atomic E-state index is 0.0907. The molecule has 1 aromatic heterocycles. The van der Waals surface area contributed by atoms with Gasteiger partial charge in [0.2, 0.25) is 0 Å². The van der Waals surface area contributed by atoms with Gasteiger partial charge in [-0.1, -0.05) is 84.0 Å². The number of hydrogen-bond donors (Lipinski definition) is 2.